The minimum absolute atomic E-state index is 0.00371. The van der Waals surface area contributed by atoms with E-state index in [1.54, 1.807) is 0 Å². The smallest absolute Gasteiger partial charge is 0.260 e. The van der Waals surface area contributed by atoms with E-state index in [0.717, 1.165) is 34.8 Å². The van der Waals surface area contributed by atoms with E-state index in [9.17, 15) is 4.79 Å². The summed E-state index contributed by atoms with van der Waals surface area (Å²) in [5.41, 5.74) is 6.96. The number of hydrogen-bond acceptors (Lipinski definition) is 6. The van der Waals surface area contributed by atoms with E-state index >= 15 is 0 Å². The van der Waals surface area contributed by atoms with Crippen molar-refractivity contribution in [3.8, 4) is 5.75 Å². The van der Waals surface area contributed by atoms with E-state index in [0.29, 0.717) is 37.0 Å². The summed E-state index contributed by atoms with van der Waals surface area (Å²) in [6, 6.07) is 21.7. The molecule has 0 aliphatic carbocycles. The second-order valence-electron chi connectivity index (χ2n) is 8.00. The van der Waals surface area contributed by atoms with Crippen LogP contribution in [0, 0.1) is 0 Å². The summed E-state index contributed by atoms with van der Waals surface area (Å²) >= 11 is 0. The summed E-state index contributed by atoms with van der Waals surface area (Å²) in [5.74, 6) is 1.93. The molecule has 4 aromatic rings. The number of nitrogens with zero attached hydrogens (tertiary/aromatic N) is 4. The number of ether oxygens (including phenoxy) is 1. The van der Waals surface area contributed by atoms with Gasteiger partial charge in [0.2, 0.25) is 0 Å². The van der Waals surface area contributed by atoms with E-state index in [1.807, 2.05) is 65.6 Å². The first-order valence-corrected chi connectivity index (χ1v) is 10.8. The molecule has 0 bridgehead atoms. The average molecular weight is 428 g/mol. The maximum Gasteiger partial charge on any atom is 0.260 e. The van der Waals surface area contributed by atoms with Gasteiger partial charge in [0.15, 0.2) is 6.61 Å². The normalized spacial score (nSPS) is 14.7. The lowest BCUT2D eigenvalue weighted by atomic mass is 10.1. The van der Waals surface area contributed by atoms with Gasteiger partial charge >= 0.3 is 0 Å². The Bertz CT molecular complexity index is 1270. The van der Waals surface area contributed by atoms with Gasteiger partial charge in [-0.15, -0.1) is 0 Å². The molecule has 5 rings (SSSR count). The van der Waals surface area contributed by atoms with Crippen LogP contribution in [0.15, 0.2) is 66.7 Å². The molecular formula is C25H25N5O2. The molecule has 0 spiro atoms. The number of nitrogens with two attached hydrogens (primary N) is 1. The van der Waals surface area contributed by atoms with Crippen LogP contribution >= 0.6 is 0 Å². The first-order chi connectivity index (χ1) is 15.7. The number of piperazine rings is 1. The van der Waals surface area contributed by atoms with Gasteiger partial charge < -0.3 is 15.4 Å². The molecule has 0 unspecified atom stereocenters. The van der Waals surface area contributed by atoms with Crippen molar-refractivity contribution in [3.63, 3.8) is 0 Å². The Morgan fingerprint density at radius 3 is 2.50 bits per heavy atom. The zero-order valence-corrected chi connectivity index (χ0v) is 17.8. The van der Waals surface area contributed by atoms with Gasteiger partial charge in [0, 0.05) is 31.6 Å². The Labute approximate surface area is 186 Å². The van der Waals surface area contributed by atoms with Crippen LogP contribution in [0.2, 0.25) is 0 Å². The number of aromatic nitrogens is 2. The van der Waals surface area contributed by atoms with Crippen molar-refractivity contribution in [2.24, 2.45) is 0 Å². The van der Waals surface area contributed by atoms with Gasteiger partial charge in [-0.3, -0.25) is 9.69 Å². The minimum atomic E-state index is 0.00371. The van der Waals surface area contributed by atoms with Crippen LogP contribution in [0.4, 0.5) is 5.82 Å². The molecule has 0 radical (unpaired) electrons. The van der Waals surface area contributed by atoms with Crippen LogP contribution in [0.5, 0.6) is 5.75 Å². The molecule has 32 heavy (non-hydrogen) atoms. The largest absolute Gasteiger partial charge is 0.484 e. The SMILES string of the molecule is Nc1nc(CN2CCN(C(=O)COc3ccc4ccccc4c3)CC2)nc2ccccc12. The van der Waals surface area contributed by atoms with Crippen molar-refractivity contribution in [3.05, 3.63) is 72.6 Å². The first kappa shape index (κ1) is 20.2. The van der Waals surface area contributed by atoms with Crippen molar-refractivity contribution in [2.45, 2.75) is 6.54 Å². The summed E-state index contributed by atoms with van der Waals surface area (Å²) in [7, 11) is 0. The molecule has 0 atom stereocenters. The van der Waals surface area contributed by atoms with Crippen LogP contribution in [-0.4, -0.2) is 58.5 Å². The molecule has 1 aliphatic heterocycles. The Morgan fingerprint density at radius 1 is 0.906 bits per heavy atom. The maximum atomic E-state index is 12.6. The van der Waals surface area contributed by atoms with Crippen LogP contribution in [0.3, 0.4) is 0 Å². The average Bonchev–Trinajstić information content (AvgIpc) is 2.83. The second kappa shape index (κ2) is 8.80. The quantitative estimate of drug-likeness (QED) is 0.527. The first-order valence-electron chi connectivity index (χ1n) is 10.8. The third kappa shape index (κ3) is 4.33. The minimum Gasteiger partial charge on any atom is -0.484 e. The highest BCUT2D eigenvalue weighted by Gasteiger charge is 2.22. The van der Waals surface area contributed by atoms with Crippen molar-refractivity contribution in [1.82, 2.24) is 19.8 Å². The number of amides is 1. The van der Waals surface area contributed by atoms with Crippen LogP contribution in [-0.2, 0) is 11.3 Å². The van der Waals surface area contributed by atoms with Gasteiger partial charge in [-0.05, 0) is 35.0 Å². The number of fused-ring (bicyclic) bond motifs is 2. The molecule has 1 fully saturated rings. The molecule has 7 nitrogen and oxygen atoms in total. The molecule has 162 valence electrons. The highest BCUT2D eigenvalue weighted by Crippen LogP contribution is 2.21. The molecule has 1 saturated heterocycles. The Kier molecular flexibility index (Phi) is 5.56. The molecule has 1 aliphatic rings. The van der Waals surface area contributed by atoms with Crippen molar-refractivity contribution in [1.29, 1.82) is 0 Å². The zero-order chi connectivity index (χ0) is 21.9. The van der Waals surface area contributed by atoms with E-state index < -0.39 is 0 Å². The van der Waals surface area contributed by atoms with Crippen LogP contribution in [0.25, 0.3) is 21.7 Å². The van der Waals surface area contributed by atoms with Gasteiger partial charge in [-0.1, -0.05) is 42.5 Å². The molecule has 2 N–H and O–H groups in total. The van der Waals surface area contributed by atoms with E-state index in [-0.39, 0.29) is 12.5 Å². The monoisotopic (exact) mass is 427 g/mol. The van der Waals surface area contributed by atoms with Gasteiger partial charge in [-0.25, -0.2) is 9.97 Å². The molecular weight excluding hydrogens is 402 g/mol. The van der Waals surface area contributed by atoms with Crippen LogP contribution < -0.4 is 10.5 Å². The van der Waals surface area contributed by atoms with Gasteiger partial charge in [0.25, 0.3) is 5.91 Å². The predicted molar refractivity (Wildman–Crippen MR) is 125 cm³/mol. The summed E-state index contributed by atoms with van der Waals surface area (Å²) < 4.78 is 5.77. The van der Waals surface area contributed by atoms with E-state index in [2.05, 4.69) is 20.9 Å². The Balaban J connectivity index is 1.14. The molecule has 0 saturated carbocycles. The Morgan fingerprint density at radius 2 is 1.66 bits per heavy atom. The van der Waals surface area contributed by atoms with Crippen molar-refractivity contribution >= 4 is 33.4 Å². The number of rotatable bonds is 5. The fraction of sp³-hybridized carbons (Fsp3) is 0.240. The lowest BCUT2D eigenvalue weighted by Crippen LogP contribution is -2.49. The maximum absolute atomic E-state index is 12.6. The van der Waals surface area contributed by atoms with Gasteiger partial charge in [0.1, 0.15) is 17.4 Å². The number of nitrogen functional groups attached to an aromatic ring is 1. The highest BCUT2D eigenvalue weighted by atomic mass is 16.5. The lowest BCUT2D eigenvalue weighted by molar-refractivity contribution is -0.135. The van der Waals surface area contributed by atoms with Crippen molar-refractivity contribution in [2.75, 3.05) is 38.5 Å². The number of hydrogen-bond donors (Lipinski definition) is 1. The number of carbonyl (C=O) groups is 1. The molecule has 3 aromatic carbocycles. The summed E-state index contributed by atoms with van der Waals surface area (Å²) in [4.78, 5) is 25.8. The number of carbonyl (C=O) groups excluding carboxylic acids is 1. The fourth-order valence-corrected chi connectivity index (χ4v) is 4.07. The number of para-hydroxylation sites is 1. The topological polar surface area (TPSA) is 84.6 Å². The zero-order valence-electron chi connectivity index (χ0n) is 17.8. The standard InChI is InChI=1S/C25H25N5O2/c26-25-21-7-3-4-8-22(21)27-23(28-25)16-29-11-13-30(14-12-29)24(31)17-32-20-10-9-18-5-1-2-6-19(18)15-20/h1-10,15H,11-14,16-17H2,(H2,26,27,28). The lowest BCUT2D eigenvalue weighted by Gasteiger charge is -2.34. The molecule has 1 aromatic heterocycles. The third-order valence-electron chi connectivity index (χ3n) is 5.85. The fourth-order valence-electron chi connectivity index (χ4n) is 4.07. The predicted octanol–water partition coefficient (Wildman–Crippen LogP) is 3.09. The summed E-state index contributed by atoms with van der Waals surface area (Å²) in [6.07, 6.45) is 0. The highest BCUT2D eigenvalue weighted by molar-refractivity contribution is 5.87. The van der Waals surface area contributed by atoms with Gasteiger partial charge in [0.05, 0.1) is 12.1 Å². The number of anilines is 1. The third-order valence-corrected chi connectivity index (χ3v) is 5.85. The second-order valence-corrected chi connectivity index (χ2v) is 8.00. The van der Waals surface area contributed by atoms with E-state index in [4.69, 9.17) is 10.5 Å². The summed E-state index contributed by atoms with van der Waals surface area (Å²) in [5, 5.41) is 3.13. The molecule has 2 heterocycles. The molecule has 1 amide bonds. The van der Waals surface area contributed by atoms with Gasteiger partial charge in [-0.2, -0.15) is 0 Å². The molecule has 7 heteroatoms. The van der Waals surface area contributed by atoms with Crippen LogP contribution in [0.1, 0.15) is 5.82 Å². The summed E-state index contributed by atoms with van der Waals surface area (Å²) in [6.45, 7) is 3.49. The number of benzene rings is 3. The van der Waals surface area contributed by atoms with E-state index in [1.165, 1.54) is 0 Å². The van der Waals surface area contributed by atoms with Crippen molar-refractivity contribution < 1.29 is 9.53 Å². The Hall–Kier alpha value is -3.71.